The highest BCUT2D eigenvalue weighted by Crippen LogP contribution is 2.31. The minimum atomic E-state index is -0.432. The number of thiocarbonyl (C=S) groups is 1. The molecule has 3 rings (SSSR count). The molecule has 0 spiro atoms. The molecule has 1 aliphatic carbocycles. The molecule has 1 N–H and O–H groups in total. The molecule has 7 nitrogen and oxygen atoms in total. The van der Waals surface area contributed by atoms with E-state index in [1.165, 1.54) is 12.1 Å². The Morgan fingerprint density at radius 2 is 1.70 bits per heavy atom. The number of rotatable bonds is 3. The number of amides is 1. The Bertz CT molecular complexity index is 622. The molecule has 1 aliphatic heterocycles. The van der Waals surface area contributed by atoms with E-state index in [2.05, 4.69) is 5.32 Å². The predicted molar refractivity (Wildman–Crippen MR) is 90.2 cm³/mol. The van der Waals surface area contributed by atoms with Crippen LogP contribution in [0.3, 0.4) is 0 Å². The number of hydrogen-bond donors (Lipinski definition) is 1. The summed E-state index contributed by atoms with van der Waals surface area (Å²) in [5.41, 5.74) is 0.769. The average molecular weight is 334 g/mol. The Morgan fingerprint density at radius 3 is 2.22 bits per heavy atom. The van der Waals surface area contributed by atoms with Crippen molar-refractivity contribution in [3.63, 3.8) is 0 Å². The van der Waals surface area contributed by atoms with Gasteiger partial charge in [0.25, 0.3) is 5.69 Å². The van der Waals surface area contributed by atoms with Crippen LogP contribution in [0.25, 0.3) is 0 Å². The van der Waals surface area contributed by atoms with Crippen molar-refractivity contribution in [3.05, 3.63) is 34.4 Å². The van der Waals surface area contributed by atoms with E-state index in [-0.39, 0.29) is 17.5 Å². The van der Waals surface area contributed by atoms with Gasteiger partial charge in [0, 0.05) is 49.9 Å². The molecule has 23 heavy (non-hydrogen) atoms. The number of nitro groups is 1. The molecule has 2 fully saturated rings. The maximum atomic E-state index is 12.0. The predicted octanol–water partition coefficient (Wildman–Crippen LogP) is 1.85. The van der Waals surface area contributed by atoms with Crippen molar-refractivity contribution in [1.82, 2.24) is 9.80 Å². The van der Waals surface area contributed by atoms with E-state index in [1.807, 2.05) is 9.80 Å². The second-order valence-corrected chi connectivity index (χ2v) is 6.21. The summed E-state index contributed by atoms with van der Waals surface area (Å²) in [7, 11) is 0. The first-order valence-corrected chi connectivity index (χ1v) is 8.04. The SMILES string of the molecule is O=C(C1CC1)N1CCN(C(=S)Nc2ccc([N+](=O)[O-])cc2)CC1. The zero-order valence-corrected chi connectivity index (χ0v) is 13.4. The lowest BCUT2D eigenvalue weighted by Crippen LogP contribution is -2.52. The first-order valence-electron chi connectivity index (χ1n) is 7.64. The highest BCUT2D eigenvalue weighted by Gasteiger charge is 2.34. The monoisotopic (exact) mass is 334 g/mol. The molecule has 122 valence electrons. The minimum Gasteiger partial charge on any atom is -0.345 e. The molecule has 1 heterocycles. The van der Waals surface area contributed by atoms with Crippen molar-refractivity contribution < 1.29 is 9.72 Å². The van der Waals surface area contributed by atoms with Crippen LogP contribution in [-0.4, -0.2) is 51.9 Å². The molecule has 1 saturated carbocycles. The highest BCUT2D eigenvalue weighted by molar-refractivity contribution is 7.80. The molecule has 1 aromatic rings. The fourth-order valence-electron chi connectivity index (χ4n) is 2.59. The minimum absolute atomic E-state index is 0.0497. The molecule has 0 bridgehead atoms. The molecule has 1 saturated heterocycles. The van der Waals surface area contributed by atoms with E-state index >= 15 is 0 Å². The molecule has 0 atom stereocenters. The average Bonchev–Trinajstić information content (AvgIpc) is 3.40. The summed E-state index contributed by atoms with van der Waals surface area (Å²) in [4.78, 5) is 26.2. The van der Waals surface area contributed by atoms with Crippen molar-refractivity contribution in [3.8, 4) is 0 Å². The topological polar surface area (TPSA) is 78.7 Å². The van der Waals surface area contributed by atoms with Crippen LogP contribution in [0.5, 0.6) is 0 Å². The molecule has 0 aromatic heterocycles. The summed E-state index contributed by atoms with van der Waals surface area (Å²) in [6.45, 7) is 2.80. The van der Waals surface area contributed by atoms with E-state index in [0.717, 1.165) is 18.5 Å². The van der Waals surface area contributed by atoms with E-state index in [0.29, 0.717) is 31.3 Å². The quantitative estimate of drug-likeness (QED) is 0.516. The zero-order chi connectivity index (χ0) is 16.4. The second-order valence-electron chi connectivity index (χ2n) is 5.82. The van der Waals surface area contributed by atoms with Gasteiger partial charge in [-0.25, -0.2) is 0 Å². The third kappa shape index (κ3) is 3.76. The van der Waals surface area contributed by atoms with Crippen LogP contribution in [0.4, 0.5) is 11.4 Å². The summed E-state index contributed by atoms with van der Waals surface area (Å²) in [6.07, 6.45) is 2.05. The number of nitrogens with zero attached hydrogens (tertiary/aromatic N) is 3. The van der Waals surface area contributed by atoms with Crippen LogP contribution in [-0.2, 0) is 4.79 Å². The van der Waals surface area contributed by atoms with Crippen molar-refractivity contribution >= 4 is 34.6 Å². The maximum absolute atomic E-state index is 12.0. The summed E-state index contributed by atoms with van der Waals surface area (Å²) in [5.74, 6) is 0.533. The number of anilines is 1. The fraction of sp³-hybridized carbons (Fsp3) is 0.467. The van der Waals surface area contributed by atoms with Crippen molar-refractivity contribution in [1.29, 1.82) is 0 Å². The molecule has 0 radical (unpaired) electrons. The number of hydrogen-bond acceptors (Lipinski definition) is 4. The second kappa shape index (κ2) is 6.49. The van der Waals surface area contributed by atoms with Gasteiger partial charge in [-0.3, -0.25) is 14.9 Å². The fourth-order valence-corrected chi connectivity index (χ4v) is 2.89. The number of non-ortho nitro benzene ring substituents is 1. The smallest absolute Gasteiger partial charge is 0.269 e. The van der Waals surface area contributed by atoms with Gasteiger partial charge in [0.05, 0.1) is 4.92 Å². The Balaban J connectivity index is 1.51. The molecular weight excluding hydrogens is 316 g/mol. The molecule has 1 aromatic carbocycles. The molecule has 1 amide bonds. The van der Waals surface area contributed by atoms with Crippen molar-refractivity contribution in [2.24, 2.45) is 5.92 Å². The van der Waals surface area contributed by atoms with Gasteiger partial charge >= 0.3 is 0 Å². The van der Waals surface area contributed by atoms with Crippen LogP contribution in [0, 0.1) is 16.0 Å². The summed E-state index contributed by atoms with van der Waals surface area (Å²) < 4.78 is 0. The maximum Gasteiger partial charge on any atom is 0.269 e. The largest absolute Gasteiger partial charge is 0.345 e. The Kier molecular flexibility index (Phi) is 4.42. The first-order chi connectivity index (χ1) is 11.0. The van der Waals surface area contributed by atoms with E-state index < -0.39 is 4.92 Å². The van der Waals surface area contributed by atoms with E-state index in [4.69, 9.17) is 12.2 Å². The third-order valence-corrected chi connectivity index (χ3v) is 4.49. The summed E-state index contributed by atoms with van der Waals surface area (Å²) in [6, 6.07) is 6.16. The number of nitrogens with one attached hydrogen (secondary N) is 1. The van der Waals surface area contributed by atoms with Crippen LogP contribution >= 0.6 is 12.2 Å². The van der Waals surface area contributed by atoms with Gasteiger partial charge in [0.2, 0.25) is 5.91 Å². The van der Waals surface area contributed by atoms with Gasteiger partial charge in [0.1, 0.15) is 0 Å². The van der Waals surface area contributed by atoms with Gasteiger partial charge in [-0.05, 0) is 37.2 Å². The number of nitro benzene ring substituents is 1. The highest BCUT2D eigenvalue weighted by atomic mass is 32.1. The van der Waals surface area contributed by atoms with E-state index in [9.17, 15) is 14.9 Å². The Hall–Kier alpha value is -2.22. The number of piperazine rings is 1. The van der Waals surface area contributed by atoms with Gasteiger partial charge in [-0.1, -0.05) is 0 Å². The van der Waals surface area contributed by atoms with Gasteiger partial charge in [-0.15, -0.1) is 0 Å². The zero-order valence-electron chi connectivity index (χ0n) is 12.6. The summed E-state index contributed by atoms with van der Waals surface area (Å²) in [5, 5.41) is 14.3. The Morgan fingerprint density at radius 1 is 1.13 bits per heavy atom. The molecule has 8 heteroatoms. The van der Waals surface area contributed by atoms with E-state index in [1.54, 1.807) is 12.1 Å². The molecule has 0 unspecified atom stereocenters. The summed E-state index contributed by atoms with van der Waals surface area (Å²) >= 11 is 5.39. The van der Waals surface area contributed by atoms with Crippen molar-refractivity contribution in [2.75, 3.05) is 31.5 Å². The molecular formula is C15H18N4O3S. The number of carbonyl (C=O) groups excluding carboxylic acids is 1. The third-order valence-electron chi connectivity index (χ3n) is 4.13. The normalized spacial score (nSPS) is 17.7. The number of benzene rings is 1. The van der Waals surface area contributed by atoms with Crippen LogP contribution in [0.1, 0.15) is 12.8 Å². The van der Waals surface area contributed by atoms with Crippen LogP contribution in [0.15, 0.2) is 24.3 Å². The van der Waals surface area contributed by atoms with Crippen molar-refractivity contribution in [2.45, 2.75) is 12.8 Å². The standard InChI is InChI=1S/C15H18N4O3S/c20-14(11-1-2-11)17-7-9-18(10-8-17)15(23)16-12-3-5-13(6-4-12)19(21)22/h3-6,11H,1-2,7-10H2,(H,16,23). The van der Waals surface area contributed by atoms with Crippen LogP contribution in [0.2, 0.25) is 0 Å². The lowest BCUT2D eigenvalue weighted by molar-refractivity contribution is -0.384. The Labute approximate surface area is 139 Å². The lowest BCUT2D eigenvalue weighted by atomic mass is 10.2. The molecule has 2 aliphatic rings. The lowest BCUT2D eigenvalue weighted by Gasteiger charge is -2.36. The van der Waals surface area contributed by atoms with Gasteiger partial charge < -0.3 is 15.1 Å². The van der Waals surface area contributed by atoms with Gasteiger partial charge in [-0.2, -0.15) is 0 Å². The number of carbonyl (C=O) groups is 1. The van der Waals surface area contributed by atoms with Gasteiger partial charge in [0.15, 0.2) is 5.11 Å². The first kappa shape index (κ1) is 15.7. The van der Waals surface area contributed by atoms with Crippen LogP contribution < -0.4 is 5.32 Å².